The second-order valence-corrected chi connectivity index (χ2v) is 14.9. The number of fused-ring (bicyclic) bond motifs is 6. The van der Waals surface area contributed by atoms with Gasteiger partial charge in [0.1, 0.15) is 0 Å². The van der Waals surface area contributed by atoms with Crippen molar-refractivity contribution in [1.29, 1.82) is 0 Å². The average Bonchev–Trinajstić information content (AvgIpc) is 3.61. The summed E-state index contributed by atoms with van der Waals surface area (Å²) in [5.41, 5.74) is 12.3. The Labute approximate surface area is 319 Å². The zero-order valence-corrected chi connectivity index (χ0v) is 30.8. The van der Waals surface area contributed by atoms with Crippen LogP contribution >= 0.6 is 11.3 Å². The highest BCUT2D eigenvalue weighted by atomic mass is 32.1. The molecule has 0 radical (unpaired) electrons. The van der Waals surface area contributed by atoms with E-state index in [1.165, 1.54) is 103 Å². The minimum absolute atomic E-state index is 1.16. The fraction of sp³-hybridized carbons (Fsp3) is 0.0189. The van der Waals surface area contributed by atoms with E-state index in [2.05, 4.69) is 196 Å². The van der Waals surface area contributed by atoms with Crippen molar-refractivity contribution in [2.24, 2.45) is 0 Å². The molecule has 0 unspecified atom stereocenters. The first-order valence-corrected chi connectivity index (χ1v) is 19.4. The summed E-state index contributed by atoms with van der Waals surface area (Å²) in [6, 6.07) is 62.2. The number of benzene rings is 9. The Kier molecular flexibility index (Phi) is 7.82. The molecule has 0 saturated carbocycles. The number of hydrogen-bond acceptors (Lipinski definition) is 1. The molecule has 0 nitrogen and oxygen atoms in total. The first kappa shape index (κ1) is 32.1. The van der Waals surface area contributed by atoms with Crippen LogP contribution in [0, 0.1) is 0 Å². The van der Waals surface area contributed by atoms with Gasteiger partial charge in [0.15, 0.2) is 0 Å². The molecule has 0 aliphatic heterocycles. The van der Waals surface area contributed by atoms with Crippen molar-refractivity contribution >= 4 is 76.0 Å². The Balaban J connectivity index is 1.25. The third kappa shape index (κ3) is 4.97. The quantitative estimate of drug-likeness (QED) is 0.151. The third-order valence-corrected chi connectivity index (χ3v) is 12.2. The monoisotopic (exact) mass is 704 g/mol. The lowest BCUT2D eigenvalue weighted by Gasteiger charge is -2.20. The Morgan fingerprint density at radius 2 is 0.889 bits per heavy atom. The van der Waals surface area contributed by atoms with Gasteiger partial charge in [-0.15, -0.1) is 11.3 Å². The van der Waals surface area contributed by atoms with Crippen molar-refractivity contribution in [3.8, 4) is 44.5 Å². The van der Waals surface area contributed by atoms with Crippen molar-refractivity contribution in [3.05, 3.63) is 194 Å². The zero-order chi connectivity index (χ0) is 36.2. The molecule has 0 saturated heterocycles. The predicted octanol–water partition coefficient (Wildman–Crippen LogP) is 15.9. The first-order chi connectivity index (χ1) is 26.7. The molecular formula is C53H36S. The topological polar surface area (TPSA) is 0 Å². The number of allylic oxidation sites excluding steroid dienone is 1. The summed E-state index contributed by atoms with van der Waals surface area (Å²) in [4.78, 5) is 0. The molecule has 0 spiro atoms. The molecule has 0 aliphatic rings. The summed E-state index contributed by atoms with van der Waals surface area (Å²) < 4.78 is 2.59. The number of thiophene rings is 1. The lowest BCUT2D eigenvalue weighted by Crippen LogP contribution is -1.96. The van der Waals surface area contributed by atoms with E-state index in [-0.39, 0.29) is 0 Å². The maximum Gasteiger partial charge on any atom is 0.0434 e. The molecule has 9 aromatic carbocycles. The molecule has 10 aromatic rings. The van der Waals surface area contributed by atoms with Gasteiger partial charge in [0, 0.05) is 25.7 Å². The molecule has 1 heteroatoms. The Hall–Kier alpha value is -6.54. The molecule has 54 heavy (non-hydrogen) atoms. The molecule has 0 N–H and O–H groups in total. The highest BCUT2D eigenvalue weighted by molar-refractivity contribution is 7.26. The summed E-state index contributed by atoms with van der Waals surface area (Å²) in [5, 5.41) is 10.1. The van der Waals surface area contributed by atoms with Crippen LogP contribution in [0.2, 0.25) is 0 Å². The Bertz CT molecular complexity index is 3050. The highest BCUT2D eigenvalue weighted by Crippen LogP contribution is 2.49. The van der Waals surface area contributed by atoms with Gasteiger partial charge in [-0.25, -0.2) is 0 Å². The minimum Gasteiger partial charge on any atom is -0.135 e. The second-order valence-electron chi connectivity index (χ2n) is 13.9. The van der Waals surface area contributed by atoms with E-state index < -0.39 is 0 Å². The summed E-state index contributed by atoms with van der Waals surface area (Å²) in [6.45, 7) is 6.48. The van der Waals surface area contributed by atoms with Gasteiger partial charge in [0.25, 0.3) is 0 Å². The highest BCUT2D eigenvalue weighted by Gasteiger charge is 2.22. The summed E-state index contributed by atoms with van der Waals surface area (Å²) >= 11 is 1.89. The van der Waals surface area contributed by atoms with E-state index in [4.69, 9.17) is 0 Å². The van der Waals surface area contributed by atoms with E-state index >= 15 is 0 Å². The van der Waals surface area contributed by atoms with Crippen LogP contribution in [0.15, 0.2) is 183 Å². The largest absolute Gasteiger partial charge is 0.135 e. The van der Waals surface area contributed by atoms with Gasteiger partial charge in [-0.3, -0.25) is 0 Å². The van der Waals surface area contributed by atoms with Gasteiger partial charge in [0.05, 0.1) is 0 Å². The van der Waals surface area contributed by atoms with Crippen LogP contribution in [0.25, 0.3) is 109 Å². The van der Waals surface area contributed by atoms with Gasteiger partial charge in [-0.2, -0.15) is 0 Å². The standard InChI is InChI=1S/C53H36S/c1-3-18-38-37(4-2)49(34-19-7-5-8-20-34)43-27-15-16-28-44(43)52(38)46-30-17-29-45-47-33-36(31-32-48(47)54-53(45)46)51-41-25-13-11-23-39(41)50(35-21-9-6-10-22-35)40-24-12-14-26-42(40)51/h3-33H,2H2,1H3/b18-3-. The number of hydrogen-bond donors (Lipinski definition) is 0. The molecule has 10 rings (SSSR count). The predicted molar refractivity (Wildman–Crippen MR) is 238 cm³/mol. The van der Waals surface area contributed by atoms with Crippen LogP contribution in [0.1, 0.15) is 18.1 Å². The van der Waals surface area contributed by atoms with E-state index in [1.807, 2.05) is 17.4 Å². The molecule has 1 aromatic heterocycles. The van der Waals surface area contributed by atoms with Crippen LogP contribution in [0.4, 0.5) is 0 Å². The van der Waals surface area contributed by atoms with Gasteiger partial charge in [-0.1, -0.05) is 183 Å². The van der Waals surface area contributed by atoms with E-state index in [1.54, 1.807) is 0 Å². The molecule has 0 aliphatic carbocycles. The Morgan fingerprint density at radius 1 is 0.407 bits per heavy atom. The van der Waals surface area contributed by atoms with Gasteiger partial charge in [-0.05, 0) is 101 Å². The van der Waals surface area contributed by atoms with Gasteiger partial charge < -0.3 is 0 Å². The zero-order valence-electron chi connectivity index (χ0n) is 30.0. The fourth-order valence-electron chi connectivity index (χ4n) is 8.74. The first-order valence-electron chi connectivity index (χ1n) is 18.6. The number of rotatable bonds is 6. The molecular weight excluding hydrogens is 669 g/mol. The fourth-order valence-corrected chi connectivity index (χ4v) is 9.95. The second kappa shape index (κ2) is 13.1. The summed E-state index contributed by atoms with van der Waals surface area (Å²) in [6.07, 6.45) is 6.47. The maximum atomic E-state index is 4.37. The molecule has 0 atom stereocenters. The van der Waals surface area contributed by atoms with Crippen LogP contribution in [-0.2, 0) is 0 Å². The Morgan fingerprint density at radius 3 is 1.44 bits per heavy atom. The minimum atomic E-state index is 1.16. The van der Waals surface area contributed by atoms with Crippen LogP contribution in [0.5, 0.6) is 0 Å². The van der Waals surface area contributed by atoms with E-state index in [0.717, 1.165) is 5.56 Å². The smallest absolute Gasteiger partial charge is 0.0434 e. The van der Waals surface area contributed by atoms with Gasteiger partial charge >= 0.3 is 0 Å². The van der Waals surface area contributed by atoms with Crippen molar-refractivity contribution in [1.82, 2.24) is 0 Å². The van der Waals surface area contributed by atoms with Crippen molar-refractivity contribution in [2.45, 2.75) is 6.92 Å². The van der Waals surface area contributed by atoms with E-state index in [0.29, 0.717) is 0 Å². The normalized spacial score (nSPS) is 11.8. The third-order valence-electron chi connectivity index (χ3n) is 10.9. The van der Waals surface area contributed by atoms with Crippen molar-refractivity contribution in [2.75, 3.05) is 0 Å². The SMILES string of the molecule is C=Cc1c(/C=C\C)c(-c2cccc3c2sc2ccc(-c4c5ccccc5c(-c5ccccc5)c5ccccc45)cc23)c2ccccc2c1-c1ccccc1. The van der Waals surface area contributed by atoms with Crippen LogP contribution in [-0.4, -0.2) is 0 Å². The average molecular weight is 705 g/mol. The lowest BCUT2D eigenvalue weighted by molar-refractivity contribution is 1.59. The van der Waals surface area contributed by atoms with Crippen LogP contribution < -0.4 is 0 Å². The maximum absolute atomic E-state index is 4.37. The summed E-state index contributed by atoms with van der Waals surface area (Å²) in [7, 11) is 0. The molecule has 254 valence electrons. The molecule has 0 amide bonds. The molecule has 0 bridgehead atoms. The van der Waals surface area contributed by atoms with Crippen molar-refractivity contribution in [3.63, 3.8) is 0 Å². The summed E-state index contributed by atoms with van der Waals surface area (Å²) in [5.74, 6) is 0. The van der Waals surface area contributed by atoms with E-state index in [9.17, 15) is 0 Å². The van der Waals surface area contributed by atoms with Gasteiger partial charge in [0.2, 0.25) is 0 Å². The van der Waals surface area contributed by atoms with Crippen molar-refractivity contribution < 1.29 is 0 Å². The molecule has 1 heterocycles. The lowest BCUT2D eigenvalue weighted by atomic mass is 9.83. The van der Waals surface area contributed by atoms with Crippen LogP contribution in [0.3, 0.4) is 0 Å². The molecule has 0 fully saturated rings.